The van der Waals surface area contributed by atoms with Crippen molar-refractivity contribution < 1.29 is 36.9 Å². The van der Waals surface area contributed by atoms with E-state index < -0.39 is 61.8 Å². The third-order valence-corrected chi connectivity index (χ3v) is 8.13. The third-order valence-electron chi connectivity index (χ3n) is 3.98. The summed E-state index contributed by atoms with van der Waals surface area (Å²) < 4.78 is 50.3. The summed E-state index contributed by atoms with van der Waals surface area (Å²) in [6, 6.07) is 2.18. The van der Waals surface area contributed by atoms with Crippen molar-refractivity contribution in [2.24, 2.45) is 0 Å². The maximum Gasteiger partial charge on any atom is 0.335 e. The Morgan fingerprint density at radius 3 is 2.54 bits per heavy atom. The molecule has 2 rings (SSSR count). The van der Waals surface area contributed by atoms with Crippen LogP contribution in [0.2, 0.25) is 5.02 Å². The fraction of sp³-hybridized carbons (Fsp3) is 0.500. The highest BCUT2D eigenvalue weighted by Crippen LogP contribution is 2.30. The number of halogens is 1. The Balaban J connectivity index is 2.52. The van der Waals surface area contributed by atoms with Crippen LogP contribution in [0, 0.1) is 0 Å². The fourth-order valence-electron chi connectivity index (χ4n) is 2.67. The molecule has 0 amide bonds. The zero-order chi connectivity index (χ0) is 19.7. The quantitative estimate of drug-likeness (QED) is 0.530. The molecule has 1 heterocycles. The van der Waals surface area contributed by atoms with Crippen molar-refractivity contribution in [2.75, 3.05) is 24.7 Å². The van der Waals surface area contributed by atoms with E-state index in [-0.39, 0.29) is 22.8 Å². The van der Waals surface area contributed by atoms with Gasteiger partial charge in [-0.15, -0.1) is 0 Å². The van der Waals surface area contributed by atoms with E-state index in [9.17, 15) is 26.7 Å². The van der Waals surface area contributed by atoms with Gasteiger partial charge < -0.3 is 15.3 Å². The number of aliphatic hydroxyl groups excluding tert-OH is 2. The summed E-state index contributed by atoms with van der Waals surface area (Å²) in [6.07, 6.45) is -1.41. The molecule has 0 unspecified atom stereocenters. The lowest BCUT2D eigenvalue weighted by Crippen LogP contribution is -2.46. The maximum absolute atomic E-state index is 13.0. The molecule has 1 saturated heterocycles. The molecule has 12 heteroatoms. The van der Waals surface area contributed by atoms with E-state index in [1.54, 1.807) is 0 Å². The molecular formula is C14H18ClNO8S2. The number of aromatic carboxylic acids is 1. The molecule has 1 aliphatic rings. The van der Waals surface area contributed by atoms with Gasteiger partial charge in [-0.05, 0) is 24.6 Å². The molecule has 0 radical (unpaired) electrons. The van der Waals surface area contributed by atoms with Gasteiger partial charge in [0.25, 0.3) is 0 Å². The maximum atomic E-state index is 13.0. The number of carboxylic acids is 1. The van der Waals surface area contributed by atoms with Crippen LogP contribution in [-0.4, -0.2) is 79.2 Å². The predicted octanol–water partition coefficient (Wildman–Crippen LogP) is -0.431. The minimum absolute atomic E-state index is 0.0238. The Hall–Kier alpha value is -1.24. The summed E-state index contributed by atoms with van der Waals surface area (Å²) in [7, 11) is -7.86. The Morgan fingerprint density at radius 1 is 1.38 bits per heavy atom. The lowest BCUT2D eigenvalue weighted by Gasteiger charge is -2.29. The van der Waals surface area contributed by atoms with Crippen molar-refractivity contribution in [1.82, 2.24) is 4.31 Å². The first-order valence-electron chi connectivity index (χ1n) is 7.52. The largest absolute Gasteiger partial charge is 0.478 e. The molecule has 3 N–H and O–H groups in total. The van der Waals surface area contributed by atoms with Gasteiger partial charge in [0.05, 0.1) is 34.8 Å². The molecular weight excluding hydrogens is 410 g/mol. The second-order valence-electron chi connectivity index (χ2n) is 5.92. The van der Waals surface area contributed by atoms with E-state index in [4.69, 9.17) is 21.8 Å². The first kappa shape index (κ1) is 21.1. The zero-order valence-corrected chi connectivity index (χ0v) is 15.8. The predicted molar refractivity (Wildman–Crippen MR) is 92.5 cm³/mol. The van der Waals surface area contributed by atoms with Crippen LogP contribution in [0.5, 0.6) is 0 Å². The Kier molecular flexibility index (Phi) is 6.31. The molecule has 0 spiro atoms. The molecule has 1 aromatic rings. The first-order valence-corrected chi connectivity index (χ1v) is 11.2. The minimum Gasteiger partial charge on any atom is -0.478 e. The number of carboxylic acid groups (broad SMARTS) is 1. The van der Waals surface area contributed by atoms with Gasteiger partial charge in [0.2, 0.25) is 10.0 Å². The topological polar surface area (TPSA) is 149 Å². The molecule has 1 fully saturated rings. The SMILES string of the molecule is O=C(O)c1ccc(Cl)c(S(=O)(=O)N(C[C@@H](O)CO)[C@H]2CCS(=O)(=O)C2)c1. The number of carbonyl (C=O) groups is 1. The van der Waals surface area contributed by atoms with Crippen LogP contribution in [0.15, 0.2) is 23.1 Å². The summed E-state index contributed by atoms with van der Waals surface area (Å²) in [5.41, 5.74) is -0.310. The van der Waals surface area contributed by atoms with Gasteiger partial charge in [-0.25, -0.2) is 21.6 Å². The van der Waals surface area contributed by atoms with Crippen LogP contribution in [0.25, 0.3) is 0 Å². The Morgan fingerprint density at radius 2 is 2.04 bits per heavy atom. The van der Waals surface area contributed by atoms with Crippen LogP contribution in [0.1, 0.15) is 16.8 Å². The highest BCUT2D eigenvalue weighted by atomic mass is 35.5. The smallest absolute Gasteiger partial charge is 0.335 e. The number of benzene rings is 1. The summed E-state index contributed by atoms with van der Waals surface area (Å²) in [4.78, 5) is 10.6. The van der Waals surface area contributed by atoms with Crippen molar-refractivity contribution in [3.8, 4) is 0 Å². The Labute approximate surface area is 155 Å². The average Bonchev–Trinajstić information content (AvgIpc) is 2.91. The number of hydrogen-bond donors (Lipinski definition) is 3. The summed E-state index contributed by atoms with van der Waals surface area (Å²) in [6.45, 7) is -1.28. The van der Waals surface area contributed by atoms with E-state index in [0.29, 0.717) is 0 Å². The normalized spacial score (nSPS) is 21.0. The fourth-order valence-corrected chi connectivity index (χ4v) is 6.69. The lowest BCUT2D eigenvalue weighted by molar-refractivity contribution is 0.0696. The number of aliphatic hydroxyl groups is 2. The van der Waals surface area contributed by atoms with Gasteiger partial charge in [-0.3, -0.25) is 0 Å². The molecule has 26 heavy (non-hydrogen) atoms. The number of rotatable bonds is 7. The van der Waals surface area contributed by atoms with E-state index in [0.717, 1.165) is 22.5 Å². The molecule has 0 bridgehead atoms. The van der Waals surface area contributed by atoms with Crippen LogP contribution in [0.4, 0.5) is 0 Å². The van der Waals surface area contributed by atoms with Crippen molar-refractivity contribution in [1.29, 1.82) is 0 Å². The monoisotopic (exact) mass is 427 g/mol. The highest BCUT2D eigenvalue weighted by molar-refractivity contribution is 7.92. The minimum atomic E-state index is -4.42. The van der Waals surface area contributed by atoms with Crippen LogP contribution >= 0.6 is 11.6 Å². The molecule has 0 aliphatic carbocycles. The van der Waals surface area contributed by atoms with Crippen LogP contribution in [0.3, 0.4) is 0 Å². The standard InChI is InChI=1S/C14H18ClNO8S2/c15-12-2-1-9(14(19)20)5-13(12)26(23,24)16(6-11(18)7-17)10-3-4-25(21,22)8-10/h1-2,5,10-11,17-18H,3-4,6-8H2,(H,19,20)/t10-,11+/m0/s1. The second kappa shape index (κ2) is 7.79. The molecule has 146 valence electrons. The molecule has 1 aromatic carbocycles. The van der Waals surface area contributed by atoms with E-state index >= 15 is 0 Å². The number of sulfone groups is 1. The molecule has 1 aliphatic heterocycles. The van der Waals surface area contributed by atoms with Crippen molar-refractivity contribution in [3.05, 3.63) is 28.8 Å². The lowest BCUT2D eigenvalue weighted by atomic mass is 10.2. The van der Waals surface area contributed by atoms with Crippen molar-refractivity contribution in [2.45, 2.75) is 23.5 Å². The summed E-state index contributed by atoms with van der Waals surface area (Å²) in [5, 5.41) is 27.6. The molecule has 0 saturated carbocycles. The Bertz CT molecular complexity index is 900. The van der Waals surface area contributed by atoms with Crippen molar-refractivity contribution in [3.63, 3.8) is 0 Å². The van der Waals surface area contributed by atoms with Gasteiger partial charge >= 0.3 is 5.97 Å². The van der Waals surface area contributed by atoms with Crippen molar-refractivity contribution >= 4 is 37.4 Å². The average molecular weight is 428 g/mol. The van der Waals surface area contributed by atoms with Gasteiger partial charge in [0, 0.05) is 12.6 Å². The molecule has 2 atom stereocenters. The van der Waals surface area contributed by atoms with Crippen LogP contribution in [-0.2, 0) is 19.9 Å². The van der Waals surface area contributed by atoms with E-state index in [2.05, 4.69) is 0 Å². The number of nitrogens with zero attached hydrogens (tertiary/aromatic N) is 1. The number of hydrogen-bond acceptors (Lipinski definition) is 7. The summed E-state index contributed by atoms with van der Waals surface area (Å²) >= 11 is 5.93. The summed E-state index contributed by atoms with van der Waals surface area (Å²) in [5.74, 6) is -1.99. The number of sulfonamides is 1. The molecule has 0 aromatic heterocycles. The van der Waals surface area contributed by atoms with Crippen LogP contribution < -0.4 is 0 Å². The molecule has 9 nitrogen and oxygen atoms in total. The zero-order valence-electron chi connectivity index (χ0n) is 13.4. The van der Waals surface area contributed by atoms with Gasteiger partial charge in [-0.1, -0.05) is 11.6 Å². The third kappa shape index (κ3) is 4.53. The van der Waals surface area contributed by atoms with Gasteiger partial charge in [-0.2, -0.15) is 4.31 Å². The second-order valence-corrected chi connectivity index (χ2v) is 10.4. The first-order chi connectivity index (χ1) is 12.0. The van der Waals surface area contributed by atoms with Gasteiger partial charge in [0.15, 0.2) is 9.84 Å². The van der Waals surface area contributed by atoms with Gasteiger partial charge in [0.1, 0.15) is 4.90 Å². The highest BCUT2D eigenvalue weighted by Gasteiger charge is 2.40. The van der Waals surface area contributed by atoms with E-state index in [1.807, 2.05) is 0 Å². The van der Waals surface area contributed by atoms with E-state index in [1.165, 1.54) is 0 Å².